The average Bonchev–Trinajstić information content (AvgIpc) is 2.75. The predicted molar refractivity (Wildman–Crippen MR) is 74.5 cm³/mol. The second kappa shape index (κ2) is 5.76. The Hall–Kier alpha value is -0.660. The van der Waals surface area contributed by atoms with Gasteiger partial charge in [-0.3, -0.25) is 4.79 Å². The maximum Gasteiger partial charge on any atom is 0.211 e. The van der Waals surface area contributed by atoms with Crippen LogP contribution in [0.15, 0.2) is 21.2 Å². The summed E-state index contributed by atoms with van der Waals surface area (Å²) in [5.74, 6) is 0.314. The topological polar surface area (TPSA) is 67.6 Å². The van der Waals surface area contributed by atoms with Crippen LogP contribution in [-0.2, 0) is 10.0 Å². The quantitative estimate of drug-likeness (QED) is 0.782. The third-order valence-corrected chi connectivity index (χ3v) is 4.97. The number of furan rings is 1. The molecule has 0 aromatic carbocycles. The molecule has 0 radical (unpaired) electrons. The highest BCUT2D eigenvalue weighted by molar-refractivity contribution is 9.10. The van der Waals surface area contributed by atoms with Crippen LogP contribution in [0, 0.1) is 5.92 Å². The lowest BCUT2D eigenvalue weighted by Gasteiger charge is -2.30. The summed E-state index contributed by atoms with van der Waals surface area (Å²) >= 11 is 3.15. The van der Waals surface area contributed by atoms with E-state index in [4.69, 9.17) is 4.42 Å². The van der Waals surface area contributed by atoms with Crippen molar-refractivity contribution in [1.82, 2.24) is 4.31 Å². The van der Waals surface area contributed by atoms with Crippen LogP contribution in [0.25, 0.3) is 0 Å². The third kappa shape index (κ3) is 3.90. The fourth-order valence-electron chi connectivity index (χ4n) is 2.32. The molecule has 1 saturated heterocycles. The van der Waals surface area contributed by atoms with E-state index in [1.807, 2.05) is 0 Å². The Morgan fingerprint density at radius 1 is 1.53 bits per heavy atom. The van der Waals surface area contributed by atoms with Crippen molar-refractivity contribution in [3.05, 3.63) is 22.6 Å². The number of sulfonamides is 1. The van der Waals surface area contributed by atoms with Crippen LogP contribution in [0.5, 0.6) is 0 Å². The van der Waals surface area contributed by atoms with E-state index >= 15 is 0 Å². The predicted octanol–water partition coefficient (Wildman–Crippen LogP) is 2.29. The van der Waals surface area contributed by atoms with Gasteiger partial charge in [0.2, 0.25) is 10.0 Å². The van der Waals surface area contributed by atoms with Gasteiger partial charge in [0, 0.05) is 19.5 Å². The number of rotatable bonds is 4. The van der Waals surface area contributed by atoms with Gasteiger partial charge in [-0.05, 0) is 46.8 Å². The molecule has 0 bridgehead atoms. The van der Waals surface area contributed by atoms with E-state index in [1.54, 1.807) is 12.1 Å². The number of ketones is 1. The maximum absolute atomic E-state index is 12.0. The molecule has 1 aliphatic heterocycles. The second-order valence-electron chi connectivity index (χ2n) is 4.86. The molecule has 5 nitrogen and oxygen atoms in total. The summed E-state index contributed by atoms with van der Waals surface area (Å²) in [4.78, 5) is 12.0. The smallest absolute Gasteiger partial charge is 0.211 e. The Morgan fingerprint density at radius 2 is 2.26 bits per heavy atom. The molecular formula is C12H16BrNO4S. The highest BCUT2D eigenvalue weighted by Gasteiger charge is 2.28. The number of piperidine rings is 1. The Morgan fingerprint density at radius 3 is 2.84 bits per heavy atom. The zero-order valence-corrected chi connectivity index (χ0v) is 13.0. The summed E-state index contributed by atoms with van der Waals surface area (Å²) in [6.45, 7) is 0.974. The fourth-order valence-corrected chi connectivity index (χ4v) is 3.57. The number of carbonyl (C=O) groups excluding carboxylic acids is 1. The van der Waals surface area contributed by atoms with Gasteiger partial charge in [0.25, 0.3) is 0 Å². The molecule has 0 spiro atoms. The van der Waals surface area contributed by atoms with Gasteiger partial charge in [-0.25, -0.2) is 12.7 Å². The number of hydrogen-bond acceptors (Lipinski definition) is 4. The maximum atomic E-state index is 12.0. The Balaban J connectivity index is 1.98. The lowest BCUT2D eigenvalue weighted by Crippen LogP contribution is -2.39. The van der Waals surface area contributed by atoms with Crippen LogP contribution in [0.4, 0.5) is 0 Å². The average molecular weight is 350 g/mol. The van der Waals surface area contributed by atoms with Gasteiger partial charge in [0.1, 0.15) is 0 Å². The van der Waals surface area contributed by atoms with Gasteiger partial charge >= 0.3 is 0 Å². The van der Waals surface area contributed by atoms with Gasteiger partial charge in [-0.1, -0.05) is 0 Å². The molecule has 1 atom stereocenters. The highest BCUT2D eigenvalue weighted by Crippen LogP contribution is 2.24. The summed E-state index contributed by atoms with van der Waals surface area (Å²) in [7, 11) is -3.16. The van der Waals surface area contributed by atoms with Crippen molar-refractivity contribution in [2.24, 2.45) is 5.92 Å². The van der Waals surface area contributed by atoms with E-state index in [-0.39, 0.29) is 11.7 Å². The minimum Gasteiger partial charge on any atom is -0.446 e. The van der Waals surface area contributed by atoms with E-state index < -0.39 is 10.0 Å². The molecule has 1 aliphatic rings. The molecule has 0 amide bonds. The number of Topliss-reactive ketones (excluding diaryl/α,β-unsaturated/α-hetero) is 1. The Labute approximate surface area is 121 Å². The molecule has 0 N–H and O–H groups in total. The van der Waals surface area contributed by atoms with Crippen LogP contribution in [0.3, 0.4) is 0 Å². The van der Waals surface area contributed by atoms with E-state index in [1.165, 1.54) is 10.6 Å². The van der Waals surface area contributed by atoms with Gasteiger partial charge in [0.15, 0.2) is 16.2 Å². The first-order valence-corrected chi connectivity index (χ1v) is 8.74. The number of halogens is 1. The fraction of sp³-hybridized carbons (Fsp3) is 0.583. The Bertz CT molecular complexity index is 566. The summed E-state index contributed by atoms with van der Waals surface area (Å²) in [5, 5.41) is 0. The molecule has 2 heterocycles. The van der Waals surface area contributed by atoms with Crippen LogP contribution in [0.2, 0.25) is 0 Å². The van der Waals surface area contributed by atoms with E-state index in [0.717, 1.165) is 12.8 Å². The van der Waals surface area contributed by atoms with Gasteiger partial charge in [-0.2, -0.15) is 0 Å². The standard InChI is InChI=1S/C12H16BrNO4S/c1-19(16,17)14-6-2-3-9(8-14)7-10(15)11-4-5-12(13)18-11/h4-5,9H,2-3,6-8H2,1H3. The summed E-state index contributed by atoms with van der Waals surface area (Å²) in [6.07, 6.45) is 3.21. The van der Waals surface area contributed by atoms with Crippen LogP contribution in [0.1, 0.15) is 29.8 Å². The lowest BCUT2D eigenvalue weighted by molar-refractivity contribution is 0.0914. The summed E-state index contributed by atoms with van der Waals surface area (Å²) < 4.78 is 30.2. The number of hydrogen-bond donors (Lipinski definition) is 0. The summed E-state index contributed by atoms with van der Waals surface area (Å²) in [5.41, 5.74) is 0. The number of carbonyl (C=O) groups is 1. The first-order valence-electron chi connectivity index (χ1n) is 6.10. The molecule has 1 aromatic heterocycles. The van der Waals surface area contributed by atoms with Crippen molar-refractivity contribution in [1.29, 1.82) is 0 Å². The lowest BCUT2D eigenvalue weighted by atomic mass is 9.93. The van der Waals surface area contributed by atoms with Crippen LogP contribution in [-0.4, -0.2) is 37.9 Å². The molecular weight excluding hydrogens is 334 g/mol. The third-order valence-electron chi connectivity index (χ3n) is 3.27. The molecule has 1 fully saturated rings. The molecule has 19 heavy (non-hydrogen) atoms. The summed E-state index contributed by atoms with van der Waals surface area (Å²) in [6, 6.07) is 3.31. The molecule has 1 unspecified atom stereocenters. The Kier molecular flexibility index (Phi) is 4.47. The van der Waals surface area contributed by atoms with E-state index in [0.29, 0.717) is 29.9 Å². The molecule has 0 saturated carbocycles. The monoisotopic (exact) mass is 349 g/mol. The molecule has 2 rings (SSSR count). The minimum absolute atomic E-state index is 0.0693. The van der Waals surface area contributed by atoms with Crippen molar-refractivity contribution in [3.8, 4) is 0 Å². The second-order valence-corrected chi connectivity index (χ2v) is 7.62. The molecule has 1 aromatic rings. The van der Waals surface area contributed by atoms with Gasteiger partial charge in [-0.15, -0.1) is 0 Å². The highest BCUT2D eigenvalue weighted by atomic mass is 79.9. The van der Waals surface area contributed by atoms with E-state index in [9.17, 15) is 13.2 Å². The van der Waals surface area contributed by atoms with Crippen molar-refractivity contribution < 1.29 is 17.6 Å². The van der Waals surface area contributed by atoms with Crippen molar-refractivity contribution in [2.75, 3.05) is 19.3 Å². The largest absolute Gasteiger partial charge is 0.446 e. The first-order chi connectivity index (χ1) is 8.86. The van der Waals surface area contributed by atoms with Gasteiger partial charge < -0.3 is 4.42 Å². The zero-order valence-electron chi connectivity index (χ0n) is 10.6. The zero-order chi connectivity index (χ0) is 14.0. The first kappa shape index (κ1) is 14.7. The minimum atomic E-state index is -3.16. The van der Waals surface area contributed by atoms with Crippen molar-refractivity contribution >= 4 is 31.7 Å². The molecule has 7 heteroatoms. The normalized spacial score (nSPS) is 21.5. The van der Waals surface area contributed by atoms with Gasteiger partial charge in [0.05, 0.1) is 6.26 Å². The van der Waals surface area contributed by atoms with E-state index in [2.05, 4.69) is 15.9 Å². The van der Waals surface area contributed by atoms with Crippen LogP contribution >= 0.6 is 15.9 Å². The van der Waals surface area contributed by atoms with Crippen molar-refractivity contribution in [2.45, 2.75) is 19.3 Å². The number of nitrogens with zero attached hydrogens (tertiary/aromatic N) is 1. The van der Waals surface area contributed by atoms with Crippen molar-refractivity contribution in [3.63, 3.8) is 0 Å². The SMILES string of the molecule is CS(=O)(=O)N1CCCC(CC(=O)c2ccc(Br)o2)C1. The molecule has 106 valence electrons. The van der Waals surface area contributed by atoms with Crippen LogP contribution < -0.4 is 0 Å². The molecule has 0 aliphatic carbocycles.